The minimum Gasteiger partial charge on any atom is -0.383 e. The number of nitrogen functional groups attached to an aromatic ring is 1. The molecule has 1 rings (SSSR count). The van der Waals surface area contributed by atoms with Gasteiger partial charge in [-0.1, -0.05) is 0 Å². The van der Waals surface area contributed by atoms with E-state index < -0.39 is 0 Å². The Bertz CT molecular complexity index is 303. The van der Waals surface area contributed by atoms with Gasteiger partial charge in [-0.15, -0.1) is 0 Å². The van der Waals surface area contributed by atoms with Crippen LogP contribution in [0.3, 0.4) is 0 Å². The fraction of sp³-hybridized carbons (Fsp3) is 0.143. The van der Waals surface area contributed by atoms with Crippen LogP contribution in [0.25, 0.3) is 0 Å². The molecule has 0 unspecified atom stereocenters. The van der Waals surface area contributed by atoms with Crippen molar-refractivity contribution in [2.45, 2.75) is 6.42 Å². The number of halogens is 1. The van der Waals surface area contributed by atoms with Crippen molar-refractivity contribution in [3.63, 3.8) is 0 Å². The smallest absolute Gasteiger partial charge is 0.137 e. The van der Waals surface area contributed by atoms with E-state index >= 15 is 0 Å². The van der Waals surface area contributed by atoms with Crippen molar-refractivity contribution in [2.24, 2.45) is 0 Å². The lowest BCUT2D eigenvalue weighted by Crippen LogP contribution is -1.92. The predicted octanol–water partition coefficient (Wildman–Crippen LogP) is 1.49. The molecule has 0 amide bonds. The molecule has 56 valence electrons. The van der Waals surface area contributed by atoms with Crippen LogP contribution in [0.4, 0.5) is 5.82 Å². The fourth-order valence-electron chi connectivity index (χ4n) is 0.676. The maximum Gasteiger partial charge on any atom is 0.137 e. The Morgan fingerprint density at radius 2 is 2.45 bits per heavy atom. The second-order valence-corrected chi connectivity index (χ2v) is 2.90. The van der Waals surface area contributed by atoms with E-state index in [0.717, 1.165) is 10.0 Å². The maximum atomic E-state index is 8.36. The van der Waals surface area contributed by atoms with E-state index in [1.807, 2.05) is 6.07 Å². The van der Waals surface area contributed by atoms with Gasteiger partial charge in [0, 0.05) is 6.20 Å². The molecule has 4 heteroatoms. The Morgan fingerprint density at radius 3 is 3.00 bits per heavy atom. The second kappa shape index (κ2) is 3.35. The van der Waals surface area contributed by atoms with Crippen molar-refractivity contribution < 1.29 is 0 Å². The Labute approximate surface area is 73.0 Å². The number of rotatable bonds is 1. The van der Waals surface area contributed by atoms with Gasteiger partial charge < -0.3 is 5.73 Å². The third-order valence-corrected chi connectivity index (χ3v) is 1.84. The summed E-state index contributed by atoms with van der Waals surface area (Å²) in [6.45, 7) is 0. The molecule has 0 saturated carbocycles. The first kappa shape index (κ1) is 8.02. The molecule has 1 heterocycles. The molecular weight excluding hydrogens is 206 g/mol. The molecular formula is C7H6BrN3. The zero-order chi connectivity index (χ0) is 8.27. The van der Waals surface area contributed by atoms with Crippen molar-refractivity contribution in [3.8, 4) is 6.07 Å². The summed E-state index contributed by atoms with van der Waals surface area (Å²) in [5, 5.41) is 8.36. The summed E-state index contributed by atoms with van der Waals surface area (Å²) in [5.41, 5.74) is 6.31. The van der Waals surface area contributed by atoms with Gasteiger partial charge in [-0.2, -0.15) is 5.26 Å². The number of hydrogen-bond acceptors (Lipinski definition) is 3. The number of nitriles is 1. The molecule has 1 aromatic rings. The maximum absolute atomic E-state index is 8.36. The monoisotopic (exact) mass is 211 g/mol. The van der Waals surface area contributed by atoms with E-state index in [-0.39, 0.29) is 0 Å². The SMILES string of the molecule is N#CCc1cnc(N)c(Br)c1. The van der Waals surface area contributed by atoms with Crippen LogP contribution in [-0.2, 0) is 6.42 Å². The number of nitrogens with two attached hydrogens (primary N) is 1. The van der Waals surface area contributed by atoms with Crippen molar-refractivity contribution in [2.75, 3.05) is 5.73 Å². The quantitative estimate of drug-likeness (QED) is 0.766. The van der Waals surface area contributed by atoms with E-state index in [4.69, 9.17) is 11.0 Å². The molecule has 0 spiro atoms. The average Bonchev–Trinajstić information content (AvgIpc) is 1.98. The van der Waals surface area contributed by atoms with Gasteiger partial charge in [0.05, 0.1) is 17.0 Å². The third kappa shape index (κ3) is 1.92. The summed E-state index contributed by atoms with van der Waals surface area (Å²) in [5.74, 6) is 0.451. The van der Waals surface area contributed by atoms with Gasteiger partial charge in [-0.25, -0.2) is 4.98 Å². The van der Waals surface area contributed by atoms with Crippen molar-refractivity contribution >= 4 is 21.7 Å². The Morgan fingerprint density at radius 1 is 1.73 bits per heavy atom. The molecule has 0 radical (unpaired) electrons. The molecule has 0 aliphatic heterocycles. The van der Waals surface area contributed by atoms with Crippen molar-refractivity contribution in [1.82, 2.24) is 4.98 Å². The van der Waals surface area contributed by atoms with Gasteiger partial charge in [0.25, 0.3) is 0 Å². The van der Waals surface area contributed by atoms with E-state index in [2.05, 4.69) is 20.9 Å². The molecule has 0 atom stereocenters. The molecule has 0 bridgehead atoms. The number of nitrogens with zero attached hydrogens (tertiary/aromatic N) is 2. The highest BCUT2D eigenvalue weighted by Gasteiger charge is 1.97. The summed E-state index contributed by atoms with van der Waals surface area (Å²) in [7, 11) is 0. The second-order valence-electron chi connectivity index (χ2n) is 2.05. The minimum atomic E-state index is 0.367. The summed E-state index contributed by atoms with van der Waals surface area (Å²) in [4.78, 5) is 3.88. The average molecular weight is 212 g/mol. The molecule has 2 N–H and O–H groups in total. The van der Waals surface area contributed by atoms with Gasteiger partial charge in [0.1, 0.15) is 5.82 Å². The van der Waals surface area contributed by atoms with Gasteiger partial charge in [0.15, 0.2) is 0 Å². The van der Waals surface area contributed by atoms with Gasteiger partial charge in [-0.3, -0.25) is 0 Å². The third-order valence-electron chi connectivity index (χ3n) is 1.21. The molecule has 0 aromatic carbocycles. The van der Waals surface area contributed by atoms with E-state index in [0.29, 0.717) is 12.2 Å². The van der Waals surface area contributed by atoms with Gasteiger partial charge in [-0.05, 0) is 27.6 Å². The highest BCUT2D eigenvalue weighted by Crippen LogP contribution is 2.17. The predicted molar refractivity (Wildman–Crippen MR) is 45.7 cm³/mol. The van der Waals surface area contributed by atoms with Crippen LogP contribution in [0.5, 0.6) is 0 Å². The van der Waals surface area contributed by atoms with Crippen LogP contribution in [0, 0.1) is 11.3 Å². The fourth-order valence-corrected chi connectivity index (χ4v) is 1.07. The number of pyridine rings is 1. The van der Waals surface area contributed by atoms with Gasteiger partial charge >= 0.3 is 0 Å². The summed E-state index contributed by atoms with van der Waals surface area (Å²) in [6, 6.07) is 3.83. The largest absolute Gasteiger partial charge is 0.383 e. The minimum absolute atomic E-state index is 0.367. The lowest BCUT2D eigenvalue weighted by atomic mass is 10.2. The number of aromatic nitrogens is 1. The Balaban J connectivity index is 2.98. The molecule has 0 aliphatic rings. The normalized spacial score (nSPS) is 9.09. The van der Waals surface area contributed by atoms with Crippen LogP contribution in [0.1, 0.15) is 5.56 Å². The zero-order valence-electron chi connectivity index (χ0n) is 5.71. The molecule has 11 heavy (non-hydrogen) atoms. The van der Waals surface area contributed by atoms with Crippen molar-refractivity contribution in [1.29, 1.82) is 5.26 Å². The molecule has 0 saturated heterocycles. The lowest BCUT2D eigenvalue weighted by molar-refractivity contribution is 1.19. The summed E-state index contributed by atoms with van der Waals surface area (Å²) < 4.78 is 0.741. The van der Waals surface area contributed by atoms with Crippen LogP contribution in [0.15, 0.2) is 16.7 Å². The van der Waals surface area contributed by atoms with Gasteiger partial charge in [0.2, 0.25) is 0 Å². The summed E-state index contributed by atoms with van der Waals surface area (Å²) in [6.07, 6.45) is 1.97. The van der Waals surface area contributed by atoms with E-state index in [1.165, 1.54) is 0 Å². The van der Waals surface area contributed by atoms with Crippen LogP contribution < -0.4 is 5.73 Å². The highest BCUT2D eigenvalue weighted by molar-refractivity contribution is 9.10. The molecule has 0 fully saturated rings. The van der Waals surface area contributed by atoms with Crippen molar-refractivity contribution in [3.05, 3.63) is 22.3 Å². The Hall–Kier alpha value is -1.08. The Kier molecular flexibility index (Phi) is 2.44. The number of hydrogen-bond donors (Lipinski definition) is 1. The zero-order valence-corrected chi connectivity index (χ0v) is 7.30. The van der Waals surface area contributed by atoms with Crippen LogP contribution >= 0.6 is 15.9 Å². The molecule has 3 nitrogen and oxygen atoms in total. The van der Waals surface area contributed by atoms with Crippen LogP contribution in [-0.4, -0.2) is 4.98 Å². The molecule has 0 aliphatic carbocycles. The van der Waals surface area contributed by atoms with Crippen LogP contribution in [0.2, 0.25) is 0 Å². The number of anilines is 1. The first-order valence-electron chi connectivity index (χ1n) is 3.01. The first-order valence-corrected chi connectivity index (χ1v) is 3.80. The summed E-state index contributed by atoms with van der Waals surface area (Å²) >= 11 is 3.22. The topological polar surface area (TPSA) is 62.7 Å². The standard InChI is InChI=1S/C7H6BrN3/c8-6-3-5(1-2-9)4-11-7(6)10/h3-4H,1H2,(H2,10,11). The lowest BCUT2D eigenvalue weighted by Gasteiger charge is -1.97. The highest BCUT2D eigenvalue weighted by atomic mass is 79.9. The van der Waals surface area contributed by atoms with E-state index in [1.54, 1.807) is 12.3 Å². The first-order chi connectivity index (χ1) is 5.24. The van der Waals surface area contributed by atoms with E-state index in [9.17, 15) is 0 Å². The molecule has 1 aromatic heterocycles.